The maximum Gasteiger partial charge on any atom is 0.304 e. The summed E-state index contributed by atoms with van der Waals surface area (Å²) in [6.45, 7) is 1.89. The molecule has 4 nitrogen and oxygen atoms in total. The predicted octanol–water partition coefficient (Wildman–Crippen LogP) is 4.07. The van der Waals surface area contributed by atoms with Crippen LogP contribution in [-0.4, -0.2) is 30.8 Å². The molecule has 3 aromatic rings. The molecule has 27 heavy (non-hydrogen) atoms. The van der Waals surface area contributed by atoms with Crippen molar-refractivity contribution in [1.82, 2.24) is 5.32 Å². The summed E-state index contributed by atoms with van der Waals surface area (Å²) in [6.07, 6.45) is 1.87. The van der Waals surface area contributed by atoms with Crippen LogP contribution in [0.25, 0.3) is 10.8 Å². The van der Waals surface area contributed by atoms with Crippen LogP contribution in [0.2, 0.25) is 0 Å². The van der Waals surface area contributed by atoms with Crippen LogP contribution in [0.4, 0.5) is 0 Å². The van der Waals surface area contributed by atoms with Gasteiger partial charge in [-0.15, -0.1) is 0 Å². The summed E-state index contributed by atoms with van der Waals surface area (Å²) in [5.41, 5.74) is 2.45. The highest BCUT2D eigenvalue weighted by Gasteiger charge is 2.01. The van der Waals surface area contributed by atoms with Gasteiger partial charge in [0.2, 0.25) is 0 Å². The van der Waals surface area contributed by atoms with Crippen LogP contribution in [0.5, 0.6) is 5.75 Å². The van der Waals surface area contributed by atoms with Gasteiger partial charge in [-0.2, -0.15) is 0 Å². The number of fused-ring (bicyclic) bond motifs is 1. The van der Waals surface area contributed by atoms with Crippen molar-refractivity contribution >= 4 is 16.7 Å². The lowest BCUT2D eigenvalue weighted by Crippen LogP contribution is -2.20. The first-order chi connectivity index (χ1) is 13.2. The van der Waals surface area contributed by atoms with E-state index in [0.717, 1.165) is 25.1 Å². The number of aliphatic carboxylic acids is 1. The highest BCUT2D eigenvalue weighted by molar-refractivity contribution is 5.82. The molecular formula is C23H25NO3. The molecule has 0 heterocycles. The second kappa shape index (κ2) is 9.74. The number of nitrogens with one attached hydrogen (secondary N) is 1. The van der Waals surface area contributed by atoms with Gasteiger partial charge < -0.3 is 15.2 Å². The second-order valence-electron chi connectivity index (χ2n) is 6.57. The molecule has 3 aromatic carbocycles. The summed E-state index contributed by atoms with van der Waals surface area (Å²) in [5, 5.41) is 14.3. The minimum atomic E-state index is -0.774. The van der Waals surface area contributed by atoms with Gasteiger partial charge in [0.15, 0.2) is 0 Å². The van der Waals surface area contributed by atoms with E-state index in [1.54, 1.807) is 0 Å². The molecule has 0 atom stereocenters. The Balaban J connectivity index is 1.45. The van der Waals surface area contributed by atoms with E-state index in [9.17, 15) is 4.79 Å². The van der Waals surface area contributed by atoms with E-state index in [0.29, 0.717) is 13.2 Å². The van der Waals surface area contributed by atoms with Crippen molar-refractivity contribution in [1.29, 1.82) is 0 Å². The van der Waals surface area contributed by atoms with Gasteiger partial charge >= 0.3 is 5.97 Å². The van der Waals surface area contributed by atoms with Gasteiger partial charge in [-0.1, -0.05) is 54.6 Å². The van der Waals surface area contributed by atoms with Crippen molar-refractivity contribution in [3.05, 3.63) is 77.9 Å². The average Bonchev–Trinajstić information content (AvgIpc) is 2.68. The fourth-order valence-electron chi connectivity index (χ4n) is 3.02. The van der Waals surface area contributed by atoms with Crippen LogP contribution < -0.4 is 10.1 Å². The van der Waals surface area contributed by atoms with E-state index in [1.807, 2.05) is 12.1 Å². The van der Waals surface area contributed by atoms with Crippen molar-refractivity contribution in [3.63, 3.8) is 0 Å². The zero-order valence-corrected chi connectivity index (χ0v) is 15.4. The molecule has 3 rings (SSSR count). The number of carbonyl (C=O) groups is 1. The summed E-state index contributed by atoms with van der Waals surface area (Å²) >= 11 is 0. The third-order valence-corrected chi connectivity index (χ3v) is 4.48. The van der Waals surface area contributed by atoms with Gasteiger partial charge in [0.25, 0.3) is 0 Å². The fourth-order valence-corrected chi connectivity index (χ4v) is 3.02. The fraction of sp³-hybridized carbons (Fsp3) is 0.261. The number of rotatable bonds is 10. The summed E-state index contributed by atoms with van der Waals surface area (Å²) in [4.78, 5) is 10.5. The molecule has 0 aliphatic heterocycles. The zero-order chi connectivity index (χ0) is 18.9. The normalized spacial score (nSPS) is 10.8. The summed E-state index contributed by atoms with van der Waals surface area (Å²) in [5.74, 6) is 0.100. The van der Waals surface area contributed by atoms with Crippen LogP contribution in [0.15, 0.2) is 66.7 Å². The first-order valence-corrected chi connectivity index (χ1v) is 9.33. The molecule has 0 aliphatic carbocycles. The Morgan fingerprint density at radius 3 is 2.52 bits per heavy atom. The Kier molecular flexibility index (Phi) is 6.83. The minimum absolute atomic E-state index is 0.151. The van der Waals surface area contributed by atoms with E-state index in [1.165, 1.54) is 21.9 Å². The van der Waals surface area contributed by atoms with Crippen molar-refractivity contribution < 1.29 is 14.6 Å². The molecule has 0 aromatic heterocycles. The van der Waals surface area contributed by atoms with E-state index in [-0.39, 0.29) is 6.42 Å². The van der Waals surface area contributed by atoms with E-state index >= 15 is 0 Å². The quantitative estimate of drug-likeness (QED) is 0.533. The van der Waals surface area contributed by atoms with Crippen molar-refractivity contribution in [3.8, 4) is 5.75 Å². The molecule has 0 unspecified atom stereocenters. The van der Waals surface area contributed by atoms with E-state index in [2.05, 4.69) is 59.9 Å². The number of hydrogen-bond donors (Lipinski definition) is 2. The lowest BCUT2D eigenvalue weighted by atomic mass is 10.1. The van der Waals surface area contributed by atoms with Gasteiger partial charge in [-0.25, -0.2) is 0 Å². The molecule has 0 aliphatic rings. The average molecular weight is 363 g/mol. The zero-order valence-electron chi connectivity index (χ0n) is 15.4. The number of hydrogen-bond acceptors (Lipinski definition) is 3. The van der Waals surface area contributed by atoms with Crippen LogP contribution in [0.1, 0.15) is 17.5 Å². The number of benzene rings is 3. The maximum atomic E-state index is 10.5. The van der Waals surface area contributed by atoms with Gasteiger partial charge in [-0.05, 0) is 47.0 Å². The van der Waals surface area contributed by atoms with Crippen LogP contribution >= 0.6 is 0 Å². The first-order valence-electron chi connectivity index (χ1n) is 9.33. The standard InChI is InChI=1S/C23H25NO3/c25-23(26)11-14-24-13-10-18-4-3-7-22(17-18)27-15-12-19-8-9-20-5-1-2-6-21(20)16-19/h1-9,16-17,24H,10-15H2,(H,25,26). The van der Waals surface area contributed by atoms with E-state index in [4.69, 9.17) is 9.84 Å². The molecule has 0 radical (unpaired) electrons. The molecule has 0 bridgehead atoms. The molecule has 2 N–H and O–H groups in total. The Morgan fingerprint density at radius 1 is 0.852 bits per heavy atom. The molecule has 0 saturated heterocycles. The molecular weight excluding hydrogens is 338 g/mol. The highest BCUT2D eigenvalue weighted by atomic mass is 16.5. The largest absolute Gasteiger partial charge is 0.493 e. The summed E-state index contributed by atoms with van der Waals surface area (Å²) in [7, 11) is 0. The first kappa shape index (κ1) is 18.9. The topological polar surface area (TPSA) is 58.6 Å². The summed E-state index contributed by atoms with van der Waals surface area (Å²) < 4.78 is 5.92. The number of carboxylic acid groups (broad SMARTS) is 1. The smallest absolute Gasteiger partial charge is 0.304 e. The third kappa shape index (κ3) is 6.12. The van der Waals surface area contributed by atoms with Gasteiger partial charge in [0.1, 0.15) is 5.75 Å². The maximum absolute atomic E-state index is 10.5. The van der Waals surface area contributed by atoms with Crippen LogP contribution in [-0.2, 0) is 17.6 Å². The molecule has 140 valence electrons. The van der Waals surface area contributed by atoms with Gasteiger partial charge in [0.05, 0.1) is 13.0 Å². The molecule has 4 heteroatoms. The van der Waals surface area contributed by atoms with Crippen molar-refractivity contribution in [2.24, 2.45) is 0 Å². The Hall–Kier alpha value is -2.85. The predicted molar refractivity (Wildman–Crippen MR) is 108 cm³/mol. The molecule has 0 fully saturated rings. The Bertz CT molecular complexity index is 891. The lowest BCUT2D eigenvalue weighted by molar-refractivity contribution is -0.136. The van der Waals surface area contributed by atoms with E-state index < -0.39 is 5.97 Å². The summed E-state index contributed by atoms with van der Waals surface area (Å²) in [6, 6.07) is 23.0. The number of carboxylic acids is 1. The lowest BCUT2D eigenvalue weighted by Gasteiger charge is -2.09. The van der Waals surface area contributed by atoms with Crippen molar-refractivity contribution in [2.45, 2.75) is 19.3 Å². The Labute approximate surface area is 159 Å². The Morgan fingerprint density at radius 2 is 1.67 bits per heavy atom. The van der Waals surface area contributed by atoms with Crippen LogP contribution in [0.3, 0.4) is 0 Å². The molecule has 0 saturated carbocycles. The number of ether oxygens (including phenoxy) is 1. The second-order valence-corrected chi connectivity index (χ2v) is 6.57. The minimum Gasteiger partial charge on any atom is -0.493 e. The van der Waals surface area contributed by atoms with Crippen LogP contribution in [0, 0.1) is 0 Å². The molecule has 0 spiro atoms. The monoisotopic (exact) mass is 363 g/mol. The SMILES string of the molecule is O=C(O)CCNCCc1cccc(OCCc2ccc3ccccc3c2)c1. The van der Waals surface area contributed by atoms with Gasteiger partial charge in [-0.3, -0.25) is 4.79 Å². The van der Waals surface area contributed by atoms with Gasteiger partial charge in [0, 0.05) is 13.0 Å². The van der Waals surface area contributed by atoms with Crippen molar-refractivity contribution in [2.75, 3.05) is 19.7 Å². The molecule has 0 amide bonds. The third-order valence-electron chi connectivity index (χ3n) is 4.48. The highest BCUT2D eigenvalue weighted by Crippen LogP contribution is 2.17.